The van der Waals surface area contributed by atoms with Gasteiger partial charge in [0.1, 0.15) is 6.54 Å². The molecule has 8 heteroatoms. The number of benzene rings is 2. The Bertz CT molecular complexity index is 804. The molecule has 4 N–H and O–H groups in total. The Kier molecular flexibility index (Phi) is 4.70. The molecule has 0 unspecified atom stereocenters. The van der Waals surface area contributed by atoms with Crippen LogP contribution in [0.15, 0.2) is 47.4 Å². The van der Waals surface area contributed by atoms with E-state index in [1.54, 1.807) is 30.3 Å². The van der Waals surface area contributed by atoms with E-state index in [-0.39, 0.29) is 4.90 Å². The molecular weight excluding hydrogens is 328 g/mol. The molecule has 0 amide bonds. The van der Waals surface area contributed by atoms with Crippen molar-refractivity contribution in [2.75, 3.05) is 12.3 Å². The quantitative estimate of drug-likeness (QED) is 0.721. The number of halogens is 1. The minimum atomic E-state index is -3.85. The average molecular weight is 341 g/mol. The number of carboxylic acid groups (broad SMARTS) is 1. The molecule has 0 fully saturated rings. The molecule has 116 valence electrons. The zero-order valence-corrected chi connectivity index (χ0v) is 12.9. The van der Waals surface area contributed by atoms with Crippen molar-refractivity contribution in [3.05, 3.63) is 47.5 Å². The van der Waals surface area contributed by atoms with E-state index in [9.17, 15) is 13.2 Å². The topological polar surface area (TPSA) is 109 Å². The highest BCUT2D eigenvalue weighted by molar-refractivity contribution is 7.89. The third kappa shape index (κ3) is 3.76. The highest BCUT2D eigenvalue weighted by Crippen LogP contribution is 2.30. The Hall–Kier alpha value is -2.09. The molecule has 0 aromatic heterocycles. The largest absolute Gasteiger partial charge is 0.480 e. The summed E-state index contributed by atoms with van der Waals surface area (Å²) in [5.41, 5.74) is 7.60. The molecule has 0 atom stereocenters. The summed E-state index contributed by atoms with van der Waals surface area (Å²) in [5, 5.41) is 8.98. The van der Waals surface area contributed by atoms with Crippen LogP contribution >= 0.6 is 11.6 Å². The molecule has 0 aliphatic carbocycles. The van der Waals surface area contributed by atoms with Crippen LogP contribution in [-0.4, -0.2) is 26.0 Å². The second-order valence-corrected chi connectivity index (χ2v) is 6.66. The summed E-state index contributed by atoms with van der Waals surface area (Å²) in [6, 6.07) is 11.0. The molecule has 0 saturated carbocycles. The number of sulfonamides is 1. The molecule has 6 nitrogen and oxygen atoms in total. The molecule has 2 aromatic carbocycles. The van der Waals surface area contributed by atoms with Crippen molar-refractivity contribution in [1.82, 2.24) is 4.72 Å². The van der Waals surface area contributed by atoms with Crippen LogP contribution in [-0.2, 0) is 14.8 Å². The molecule has 0 bridgehead atoms. The monoisotopic (exact) mass is 340 g/mol. The second-order valence-electron chi connectivity index (χ2n) is 4.48. The Morgan fingerprint density at radius 2 is 1.82 bits per heavy atom. The zero-order chi connectivity index (χ0) is 16.3. The minimum Gasteiger partial charge on any atom is -0.480 e. The fraction of sp³-hybridized carbons (Fsp3) is 0.0714. The van der Waals surface area contributed by atoms with E-state index in [1.165, 1.54) is 12.1 Å². The summed E-state index contributed by atoms with van der Waals surface area (Å²) < 4.78 is 25.7. The first kappa shape index (κ1) is 16.3. The molecule has 2 rings (SSSR count). The van der Waals surface area contributed by atoms with Gasteiger partial charge in [-0.05, 0) is 29.8 Å². The summed E-state index contributed by atoms with van der Waals surface area (Å²) >= 11 is 6.10. The lowest BCUT2D eigenvalue weighted by Gasteiger charge is -2.08. The zero-order valence-electron chi connectivity index (χ0n) is 11.3. The van der Waals surface area contributed by atoms with Crippen LogP contribution in [0.1, 0.15) is 0 Å². The van der Waals surface area contributed by atoms with Gasteiger partial charge >= 0.3 is 5.97 Å². The van der Waals surface area contributed by atoms with Crippen molar-refractivity contribution < 1.29 is 18.3 Å². The van der Waals surface area contributed by atoms with Gasteiger partial charge in [0.05, 0.1) is 9.92 Å². The Labute approximate surface area is 132 Å². The molecule has 22 heavy (non-hydrogen) atoms. The lowest BCUT2D eigenvalue weighted by molar-refractivity contribution is -0.135. The number of hydrogen-bond donors (Lipinski definition) is 3. The summed E-state index contributed by atoms with van der Waals surface area (Å²) in [7, 11) is -3.85. The number of anilines is 1. The summed E-state index contributed by atoms with van der Waals surface area (Å²) in [6.07, 6.45) is 0. The van der Waals surface area contributed by atoms with Crippen LogP contribution < -0.4 is 10.5 Å². The summed E-state index contributed by atoms with van der Waals surface area (Å²) in [4.78, 5) is 10.4. The van der Waals surface area contributed by atoms with Crippen molar-refractivity contribution in [3.63, 3.8) is 0 Å². The maximum absolute atomic E-state index is 11.9. The lowest BCUT2D eigenvalue weighted by Crippen LogP contribution is -2.29. The first-order valence-corrected chi connectivity index (χ1v) is 8.02. The van der Waals surface area contributed by atoms with Gasteiger partial charge in [-0.15, -0.1) is 0 Å². The third-order valence-electron chi connectivity index (χ3n) is 2.88. The number of hydrogen-bond acceptors (Lipinski definition) is 4. The van der Waals surface area contributed by atoms with Gasteiger partial charge < -0.3 is 10.8 Å². The number of carboxylic acids is 1. The van der Waals surface area contributed by atoms with E-state index >= 15 is 0 Å². The lowest BCUT2D eigenvalue weighted by atomic mass is 10.1. The van der Waals surface area contributed by atoms with Gasteiger partial charge in [-0.1, -0.05) is 29.8 Å². The van der Waals surface area contributed by atoms with Crippen molar-refractivity contribution in [1.29, 1.82) is 0 Å². The van der Waals surface area contributed by atoms with Gasteiger partial charge in [-0.2, -0.15) is 4.72 Å². The molecule has 0 aliphatic rings. The van der Waals surface area contributed by atoms with E-state index < -0.39 is 22.5 Å². The van der Waals surface area contributed by atoms with Crippen LogP contribution in [0.5, 0.6) is 0 Å². The Morgan fingerprint density at radius 1 is 1.18 bits per heavy atom. The van der Waals surface area contributed by atoms with E-state index in [1.807, 2.05) is 4.72 Å². The third-order valence-corrected chi connectivity index (χ3v) is 4.61. The molecular formula is C14H13ClN2O4S. The van der Waals surface area contributed by atoms with E-state index in [2.05, 4.69) is 0 Å². The highest BCUT2D eigenvalue weighted by atomic mass is 35.5. The fourth-order valence-corrected chi connectivity index (χ4v) is 3.09. The molecule has 0 spiro atoms. The number of nitrogens with one attached hydrogen (secondary N) is 1. The number of aliphatic carboxylic acids is 1. The number of rotatable bonds is 5. The van der Waals surface area contributed by atoms with Gasteiger partial charge in [0, 0.05) is 11.3 Å². The van der Waals surface area contributed by atoms with E-state index in [0.29, 0.717) is 10.7 Å². The van der Waals surface area contributed by atoms with Crippen LogP contribution in [0.2, 0.25) is 5.02 Å². The van der Waals surface area contributed by atoms with Gasteiger partial charge in [-0.25, -0.2) is 8.42 Å². The van der Waals surface area contributed by atoms with Crippen molar-refractivity contribution >= 4 is 33.3 Å². The number of nitrogen functional groups attached to an aromatic ring is 1. The molecule has 2 aromatic rings. The van der Waals surface area contributed by atoms with Crippen LogP contribution in [0.4, 0.5) is 5.69 Å². The van der Waals surface area contributed by atoms with Crippen molar-refractivity contribution in [2.45, 2.75) is 4.90 Å². The fourth-order valence-electron chi connectivity index (χ4n) is 1.82. The minimum absolute atomic E-state index is 0.0240. The predicted octanol–water partition coefficient (Wildman–Crippen LogP) is 1.95. The highest BCUT2D eigenvalue weighted by Gasteiger charge is 2.15. The summed E-state index contributed by atoms with van der Waals surface area (Å²) in [6.45, 7) is -0.673. The maximum Gasteiger partial charge on any atom is 0.318 e. The SMILES string of the molecule is Nc1ccc(-c2ccc(S(=O)(=O)NCC(=O)O)cc2)c(Cl)c1. The smallest absolute Gasteiger partial charge is 0.318 e. The van der Waals surface area contributed by atoms with Gasteiger partial charge in [0.25, 0.3) is 0 Å². The number of nitrogens with two attached hydrogens (primary N) is 1. The molecule has 0 saturated heterocycles. The van der Waals surface area contributed by atoms with Gasteiger partial charge in [-0.3, -0.25) is 4.79 Å². The Balaban J connectivity index is 2.29. The maximum atomic E-state index is 11.9. The van der Waals surface area contributed by atoms with Gasteiger partial charge in [0.15, 0.2) is 0 Å². The van der Waals surface area contributed by atoms with Gasteiger partial charge in [0.2, 0.25) is 10.0 Å². The molecule has 0 radical (unpaired) electrons. The molecule has 0 aliphatic heterocycles. The van der Waals surface area contributed by atoms with E-state index in [4.69, 9.17) is 22.4 Å². The first-order valence-electron chi connectivity index (χ1n) is 6.16. The van der Waals surface area contributed by atoms with Crippen LogP contribution in [0.25, 0.3) is 11.1 Å². The standard InChI is InChI=1S/C14H13ClN2O4S/c15-13-7-10(16)3-6-12(13)9-1-4-11(5-2-9)22(20,21)17-8-14(18)19/h1-7,17H,8,16H2,(H,18,19). The second kappa shape index (κ2) is 6.35. The summed E-state index contributed by atoms with van der Waals surface area (Å²) in [5.74, 6) is -1.26. The Morgan fingerprint density at radius 3 is 2.36 bits per heavy atom. The van der Waals surface area contributed by atoms with Crippen molar-refractivity contribution in [2.24, 2.45) is 0 Å². The van der Waals surface area contributed by atoms with E-state index in [0.717, 1.165) is 11.1 Å². The molecule has 0 heterocycles. The average Bonchev–Trinajstić information content (AvgIpc) is 2.45. The number of carbonyl (C=O) groups is 1. The predicted molar refractivity (Wildman–Crippen MR) is 84.1 cm³/mol. The normalized spacial score (nSPS) is 11.3. The van der Waals surface area contributed by atoms with Crippen LogP contribution in [0.3, 0.4) is 0 Å². The van der Waals surface area contributed by atoms with Crippen LogP contribution in [0, 0.1) is 0 Å². The van der Waals surface area contributed by atoms with Crippen molar-refractivity contribution in [3.8, 4) is 11.1 Å². The first-order chi connectivity index (χ1) is 10.3.